The van der Waals surface area contributed by atoms with Gasteiger partial charge in [-0.25, -0.2) is 9.97 Å². The first-order valence-electron chi connectivity index (χ1n) is 8.44. The van der Waals surface area contributed by atoms with Gasteiger partial charge >= 0.3 is 7.12 Å². The Labute approximate surface area is 149 Å². The van der Waals surface area contributed by atoms with E-state index in [0.29, 0.717) is 5.46 Å². The van der Waals surface area contributed by atoms with Gasteiger partial charge in [-0.3, -0.25) is 0 Å². The molecule has 1 aliphatic heterocycles. The molecule has 2 aliphatic rings. The highest BCUT2D eigenvalue weighted by Gasteiger charge is 2.52. The number of halogens is 1. The van der Waals surface area contributed by atoms with Crippen molar-refractivity contribution in [1.29, 1.82) is 0 Å². The minimum atomic E-state index is -0.558. The Kier molecular flexibility index (Phi) is 6.12. The van der Waals surface area contributed by atoms with Crippen LogP contribution in [0.1, 0.15) is 59.8 Å². The molecule has 24 heavy (non-hydrogen) atoms. The lowest BCUT2D eigenvalue weighted by Crippen LogP contribution is -2.41. The molecule has 3 N–H and O–H groups in total. The maximum absolute atomic E-state index is 8.91. The Bertz CT molecular complexity index is 549. The van der Waals surface area contributed by atoms with Crippen LogP contribution < -0.4 is 11.2 Å². The summed E-state index contributed by atoms with van der Waals surface area (Å²) in [5.41, 5.74) is 5.56. The van der Waals surface area contributed by atoms with Crippen LogP contribution in [-0.4, -0.2) is 39.5 Å². The van der Waals surface area contributed by atoms with Crippen LogP contribution in [0.4, 0.5) is 5.82 Å². The van der Waals surface area contributed by atoms with E-state index in [2.05, 4.69) is 9.97 Å². The van der Waals surface area contributed by atoms with Gasteiger partial charge in [0, 0.05) is 11.7 Å². The van der Waals surface area contributed by atoms with Gasteiger partial charge in [-0.1, -0.05) is 19.3 Å². The molecule has 6 nitrogen and oxygen atoms in total. The lowest BCUT2D eigenvalue weighted by atomic mass is 9.80. The summed E-state index contributed by atoms with van der Waals surface area (Å²) in [6.07, 6.45) is 7.46. The number of anilines is 1. The van der Waals surface area contributed by atoms with Gasteiger partial charge in [0.25, 0.3) is 0 Å². The molecule has 8 heteroatoms. The molecule has 1 aromatic heterocycles. The van der Waals surface area contributed by atoms with Crippen molar-refractivity contribution in [2.24, 2.45) is 0 Å². The quantitative estimate of drug-likeness (QED) is 0.593. The smallest absolute Gasteiger partial charge is 0.399 e. The average Bonchev–Trinajstić information content (AvgIpc) is 2.68. The number of aliphatic hydroxyl groups excluding tert-OH is 1. The first kappa shape index (κ1) is 19.4. The molecule has 1 saturated carbocycles. The van der Waals surface area contributed by atoms with E-state index in [9.17, 15) is 0 Å². The topological polar surface area (TPSA) is 90.5 Å². The number of hydrogen-bond acceptors (Lipinski definition) is 6. The average molecular weight is 356 g/mol. The van der Waals surface area contributed by atoms with E-state index in [-0.39, 0.29) is 17.2 Å². The third-order valence-corrected chi connectivity index (χ3v) is 5.08. The maximum atomic E-state index is 8.91. The second kappa shape index (κ2) is 7.56. The fraction of sp³-hybridized carbons (Fsp3) is 0.750. The minimum Gasteiger partial charge on any atom is -0.399 e. The van der Waals surface area contributed by atoms with Crippen molar-refractivity contribution >= 4 is 30.0 Å². The number of aliphatic hydroxyl groups is 1. The van der Waals surface area contributed by atoms with Gasteiger partial charge in [-0.05, 0) is 52.1 Å². The van der Waals surface area contributed by atoms with Crippen molar-refractivity contribution in [3.63, 3.8) is 0 Å². The van der Waals surface area contributed by atoms with Gasteiger partial charge in [0.05, 0.1) is 17.3 Å². The summed E-state index contributed by atoms with van der Waals surface area (Å²) in [6.45, 7) is 7.89. The van der Waals surface area contributed by atoms with Crippen molar-refractivity contribution < 1.29 is 14.4 Å². The second-order valence-corrected chi connectivity index (χ2v) is 7.70. The predicted molar refractivity (Wildman–Crippen MR) is 96.3 cm³/mol. The maximum Gasteiger partial charge on any atom is 0.500 e. The van der Waals surface area contributed by atoms with E-state index in [1.165, 1.54) is 25.5 Å². The molecule has 0 spiro atoms. The molecule has 2 fully saturated rings. The highest BCUT2D eigenvalue weighted by molar-refractivity contribution is 6.63. The lowest BCUT2D eigenvalue weighted by Gasteiger charge is -2.32. The zero-order valence-electron chi connectivity index (χ0n) is 14.9. The number of hydrogen-bond donors (Lipinski definition) is 2. The minimum absolute atomic E-state index is 0.0359. The fourth-order valence-electron chi connectivity index (χ4n) is 2.61. The highest BCUT2D eigenvalue weighted by Crippen LogP contribution is 2.36. The molecule has 0 unspecified atom stereocenters. The standard InChI is InChI=1S/C10H15BClN3O2.C6H12O/c1-9(2)10(3,4)17-11(16-9)6-5-14-8(12)15-7(6)13;7-6-4-2-1-3-5-6/h5H,1-4H3,(H2,13,14,15);6-7H,1-5H2. The third kappa shape index (κ3) is 4.60. The molecular weight excluding hydrogens is 328 g/mol. The van der Waals surface area contributed by atoms with Crippen LogP contribution in [0.3, 0.4) is 0 Å². The molecule has 1 aliphatic carbocycles. The van der Waals surface area contributed by atoms with Crippen LogP contribution in [0, 0.1) is 0 Å². The largest absolute Gasteiger partial charge is 0.500 e. The van der Waals surface area contributed by atoms with E-state index >= 15 is 0 Å². The van der Waals surface area contributed by atoms with Crippen molar-refractivity contribution in [1.82, 2.24) is 9.97 Å². The summed E-state index contributed by atoms with van der Waals surface area (Å²) in [7, 11) is -0.558. The molecule has 1 saturated heterocycles. The van der Waals surface area contributed by atoms with Gasteiger partial charge in [0.1, 0.15) is 5.82 Å². The summed E-state index contributed by atoms with van der Waals surface area (Å²) in [5.74, 6) is 0.281. The van der Waals surface area contributed by atoms with Gasteiger partial charge in [-0.15, -0.1) is 0 Å². The monoisotopic (exact) mass is 355 g/mol. The van der Waals surface area contributed by atoms with Gasteiger partial charge in [0.15, 0.2) is 0 Å². The van der Waals surface area contributed by atoms with E-state index in [1.807, 2.05) is 27.7 Å². The lowest BCUT2D eigenvalue weighted by molar-refractivity contribution is 0.00578. The van der Waals surface area contributed by atoms with Crippen LogP contribution in [0.5, 0.6) is 0 Å². The first-order chi connectivity index (χ1) is 11.1. The molecule has 0 atom stereocenters. The van der Waals surface area contributed by atoms with Gasteiger partial charge in [0.2, 0.25) is 5.28 Å². The number of nitrogen functional groups attached to an aromatic ring is 1. The first-order valence-corrected chi connectivity index (χ1v) is 8.82. The molecule has 0 amide bonds. The van der Waals surface area contributed by atoms with E-state index in [4.69, 9.17) is 31.7 Å². The van der Waals surface area contributed by atoms with Crippen molar-refractivity contribution in [2.45, 2.75) is 77.1 Å². The number of aromatic nitrogens is 2. The molecule has 0 radical (unpaired) electrons. The van der Waals surface area contributed by atoms with Crippen molar-refractivity contribution in [3.05, 3.63) is 11.5 Å². The molecule has 3 rings (SSSR count). The summed E-state index contributed by atoms with van der Waals surface area (Å²) < 4.78 is 11.7. The Morgan fingerprint density at radius 1 is 1.17 bits per heavy atom. The van der Waals surface area contributed by atoms with E-state index < -0.39 is 18.3 Å². The number of nitrogens with two attached hydrogens (primary N) is 1. The van der Waals surface area contributed by atoms with Gasteiger partial charge < -0.3 is 20.1 Å². The van der Waals surface area contributed by atoms with Crippen LogP contribution >= 0.6 is 11.6 Å². The highest BCUT2D eigenvalue weighted by atomic mass is 35.5. The molecule has 2 heterocycles. The zero-order valence-corrected chi connectivity index (χ0v) is 15.6. The predicted octanol–water partition coefficient (Wildman–Crippen LogP) is 2.32. The number of nitrogens with zero attached hydrogens (tertiary/aromatic N) is 2. The molecular formula is C16H27BClN3O3. The SMILES string of the molecule is CC1(C)OB(c2cnc(Cl)nc2N)OC1(C)C.OC1CCCCC1. The van der Waals surface area contributed by atoms with Gasteiger partial charge in [-0.2, -0.15) is 0 Å². The van der Waals surface area contributed by atoms with E-state index in [1.54, 1.807) is 0 Å². The third-order valence-electron chi connectivity index (χ3n) is 4.90. The van der Waals surface area contributed by atoms with Crippen LogP contribution in [0.2, 0.25) is 5.28 Å². The molecule has 0 bridgehead atoms. The molecule has 134 valence electrons. The number of rotatable bonds is 1. The second-order valence-electron chi connectivity index (χ2n) is 7.36. The summed E-state index contributed by atoms with van der Waals surface area (Å²) >= 11 is 5.65. The summed E-state index contributed by atoms with van der Waals surface area (Å²) in [4.78, 5) is 7.78. The van der Waals surface area contributed by atoms with Crippen LogP contribution in [-0.2, 0) is 9.31 Å². The van der Waals surface area contributed by atoms with Crippen LogP contribution in [0.25, 0.3) is 0 Å². The van der Waals surface area contributed by atoms with Crippen LogP contribution in [0.15, 0.2) is 6.20 Å². The van der Waals surface area contributed by atoms with Crippen molar-refractivity contribution in [2.75, 3.05) is 5.73 Å². The Morgan fingerprint density at radius 3 is 2.12 bits per heavy atom. The Morgan fingerprint density at radius 2 is 1.71 bits per heavy atom. The van der Waals surface area contributed by atoms with E-state index in [0.717, 1.165) is 12.8 Å². The Balaban J connectivity index is 0.000000249. The molecule has 1 aromatic rings. The Hall–Kier alpha value is -0.885. The summed E-state index contributed by atoms with van der Waals surface area (Å²) in [5, 5.41) is 9.02. The fourth-order valence-corrected chi connectivity index (χ4v) is 2.75. The zero-order chi connectivity index (χ0) is 18.0. The molecule has 0 aromatic carbocycles. The summed E-state index contributed by atoms with van der Waals surface area (Å²) in [6, 6.07) is 0. The van der Waals surface area contributed by atoms with Crippen molar-refractivity contribution in [3.8, 4) is 0 Å². The normalized spacial score (nSPS) is 22.8.